The number of nitriles is 1. The van der Waals surface area contributed by atoms with Crippen molar-refractivity contribution in [1.29, 1.82) is 5.26 Å². The van der Waals surface area contributed by atoms with Gasteiger partial charge in [0.2, 0.25) is 5.91 Å². The van der Waals surface area contributed by atoms with Crippen LogP contribution in [0.1, 0.15) is 18.5 Å². The van der Waals surface area contributed by atoms with Crippen molar-refractivity contribution < 1.29 is 4.79 Å². The van der Waals surface area contributed by atoms with Gasteiger partial charge in [0.1, 0.15) is 17.7 Å². The van der Waals surface area contributed by atoms with Crippen LogP contribution in [0.25, 0.3) is 0 Å². The Bertz CT molecular complexity index is 821. The second-order valence-electron chi connectivity index (χ2n) is 5.75. The zero-order chi connectivity index (χ0) is 17.8. The van der Waals surface area contributed by atoms with E-state index in [0.29, 0.717) is 23.2 Å². The summed E-state index contributed by atoms with van der Waals surface area (Å²) in [5.41, 5.74) is 0.199. The second-order valence-corrected chi connectivity index (χ2v) is 7.07. The smallest absolute Gasteiger partial charge is 0.230 e. The van der Waals surface area contributed by atoms with Gasteiger partial charge in [0, 0.05) is 23.8 Å². The summed E-state index contributed by atoms with van der Waals surface area (Å²) in [6.07, 6.45) is 3.32. The van der Waals surface area contributed by atoms with E-state index < -0.39 is 0 Å². The van der Waals surface area contributed by atoms with Crippen LogP contribution in [0.5, 0.6) is 0 Å². The highest BCUT2D eigenvalue weighted by atomic mass is 79.9. The molecule has 1 unspecified atom stereocenters. The molecular weight excluding hydrogens is 406 g/mol. The van der Waals surface area contributed by atoms with E-state index in [4.69, 9.17) is 16.9 Å². The van der Waals surface area contributed by atoms with Gasteiger partial charge in [-0.2, -0.15) is 5.26 Å². The maximum Gasteiger partial charge on any atom is 0.230 e. The Morgan fingerprint density at radius 2 is 2.24 bits per heavy atom. The summed E-state index contributed by atoms with van der Waals surface area (Å²) >= 11 is 9.26. The van der Waals surface area contributed by atoms with Crippen molar-refractivity contribution in [3.63, 3.8) is 0 Å². The highest BCUT2D eigenvalue weighted by Gasteiger charge is 2.27. The largest absolute Gasteiger partial charge is 0.356 e. The molecule has 1 amide bonds. The fraction of sp³-hybridized carbons (Fsp3) is 0.294. The van der Waals surface area contributed by atoms with Gasteiger partial charge in [-0.05, 0) is 53.0 Å². The van der Waals surface area contributed by atoms with Crippen LogP contribution >= 0.6 is 27.5 Å². The van der Waals surface area contributed by atoms with Gasteiger partial charge in [-0.25, -0.2) is 9.97 Å². The maximum atomic E-state index is 12.5. The predicted octanol–water partition coefficient (Wildman–Crippen LogP) is 3.62. The molecule has 1 aliphatic heterocycles. The van der Waals surface area contributed by atoms with Crippen molar-refractivity contribution in [2.45, 2.75) is 12.8 Å². The van der Waals surface area contributed by atoms with E-state index in [-0.39, 0.29) is 17.5 Å². The number of rotatable bonds is 3. The number of aromatic nitrogens is 2. The van der Waals surface area contributed by atoms with Gasteiger partial charge in [-0.3, -0.25) is 4.79 Å². The third-order valence-corrected chi connectivity index (χ3v) is 4.81. The summed E-state index contributed by atoms with van der Waals surface area (Å²) < 4.78 is 0.858. The molecule has 1 aliphatic rings. The molecule has 0 saturated carbocycles. The molecule has 0 aliphatic carbocycles. The molecule has 1 fully saturated rings. The number of anilines is 2. The summed E-state index contributed by atoms with van der Waals surface area (Å²) in [7, 11) is 0. The van der Waals surface area contributed by atoms with Crippen LogP contribution in [0.3, 0.4) is 0 Å². The lowest BCUT2D eigenvalue weighted by Crippen LogP contribution is -2.41. The van der Waals surface area contributed by atoms with Crippen LogP contribution in [0.4, 0.5) is 11.6 Å². The molecule has 2 aromatic heterocycles. The monoisotopic (exact) mass is 419 g/mol. The quantitative estimate of drug-likeness (QED) is 0.820. The normalized spacial score (nSPS) is 17.0. The van der Waals surface area contributed by atoms with Crippen LogP contribution in [0.15, 0.2) is 34.9 Å². The Kier molecular flexibility index (Phi) is 5.51. The molecule has 1 N–H and O–H groups in total. The third kappa shape index (κ3) is 4.27. The van der Waals surface area contributed by atoms with Crippen molar-refractivity contribution in [3.8, 4) is 6.07 Å². The van der Waals surface area contributed by atoms with E-state index in [1.165, 1.54) is 0 Å². The number of carbonyl (C=O) groups is 1. The summed E-state index contributed by atoms with van der Waals surface area (Å²) in [6.45, 7) is 1.33. The average molecular weight is 421 g/mol. The zero-order valence-electron chi connectivity index (χ0n) is 13.2. The highest BCUT2D eigenvalue weighted by Crippen LogP contribution is 2.25. The van der Waals surface area contributed by atoms with Crippen molar-refractivity contribution in [3.05, 3.63) is 45.7 Å². The molecule has 6 nitrogen and oxygen atoms in total. The van der Waals surface area contributed by atoms with Crippen molar-refractivity contribution in [2.24, 2.45) is 5.92 Å². The summed E-state index contributed by atoms with van der Waals surface area (Å²) in [4.78, 5) is 23.0. The first-order valence-corrected chi connectivity index (χ1v) is 8.98. The molecule has 1 saturated heterocycles. The molecule has 0 radical (unpaired) electrons. The van der Waals surface area contributed by atoms with Crippen LogP contribution < -0.4 is 10.2 Å². The number of pyridine rings is 2. The fourth-order valence-electron chi connectivity index (χ4n) is 2.76. The lowest BCUT2D eigenvalue weighted by Gasteiger charge is -2.32. The number of halogens is 2. The number of carbonyl (C=O) groups excluding carboxylic acids is 1. The molecule has 2 aromatic rings. The van der Waals surface area contributed by atoms with Gasteiger partial charge in [-0.15, -0.1) is 0 Å². The van der Waals surface area contributed by atoms with Gasteiger partial charge < -0.3 is 10.2 Å². The van der Waals surface area contributed by atoms with Crippen LogP contribution in [-0.2, 0) is 4.79 Å². The van der Waals surface area contributed by atoms with Crippen LogP contribution in [-0.4, -0.2) is 29.0 Å². The highest BCUT2D eigenvalue weighted by molar-refractivity contribution is 9.10. The summed E-state index contributed by atoms with van der Waals surface area (Å²) in [6, 6.07) is 9.01. The van der Waals surface area contributed by atoms with Crippen LogP contribution in [0.2, 0.25) is 5.02 Å². The third-order valence-electron chi connectivity index (χ3n) is 4.03. The minimum atomic E-state index is -0.165. The van der Waals surface area contributed by atoms with Crippen molar-refractivity contribution in [1.82, 2.24) is 9.97 Å². The Balaban J connectivity index is 1.69. The molecule has 1 atom stereocenters. The second kappa shape index (κ2) is 7.81. The first-order valence-electron chi connectivity index (χ1n) is 7.81. The molecule has 0 bridgehead atoms. The van der Waals surface area contributed by atoms with Gasteiger partial charge in [-0.1, -0.05) is 11.6 Å². The van der Waals surface area contributed by atoms with E-state index in [1.54, 1.807) is 24.4 Å². The molecule has 8 heteroatoms. The molecular formula is C17H15BrClN5O. The molecule has 0 spiro atoms. The predicted molar refractivity (Wildman–Crippen MR) is 99.5 cm³/mol. The number of hydrogen-bond donors (Lipinski definition) is 1. The fourth-order valence-corrected chi connectivity index (χ4v) is 3.15. The summed E-state index contributed by atoms with van der Waals surface area (Å²) in [5.74, 6) is 0.970. The molecule has 128 valence electrons. The molecule has 3 rings (SSSR count). The van der Waals surface area contributed by atoms with Gasteiger partial charge >= 0.3 is 0 Å². The number of hydrogen-bond acceptors (Lipinski definition) is 5. The number of nitrogens with zero attached hydrogens (tertiary/aromatic N) is 4. The van der Waals surface area contributed by atoms with Crippen LogP contribution in [0, 0.1) is 17.2 Å². The van der Waals surface area contributed by atoms with Gasteiger partial charge in [0.15, 0.2) is 5.69 Å². The van der Waals surface area contributed by atoms with Gasteiger partial charge in [0.05, 0.1) is 10.9 Å². The lowest BCUT2D eigenvalue weighted by molar-refractivity contribution is -0.120. The Morgan fingerprint density at radius 1 is 1.40 bits per heavy atom. The first-order chi connectivity index (χ1) is 12.1. The van der Waals surface area contributed by atoms with Crippen molar-refractivity contribution >= 4 is 45.1 Å². The molecule has 25 heavy (non-hydrogen) atoms. The first kappa shape index (κ1) is 17.6. The zero-order valence-corrected chi connectivity index (χ0v) is 15.6. The van der Waals surface area contributed by atoms with E-state index in [9.17, 15) is 4.79 Å². The Labute approximate surface area is 159 Å². The van der Waals surface area contributed by atoms with E-state index in [0.717, 1.165) is 23.9 Å². The Morgan fingerprint density at radius 3 is 2.96 bits per heavy atom. The molecule has 3 heterocycles. The standard InChI is InChI=1S/C17H15BrClN5O/c18-12-3-5-15(21-9-12)23-17(25)11-2-1-7-24(10-11)16-6-4-13(19)14(8-20)22-16/h3-6,9,11H,1-2,7,10H2,(H,21,23,25). The SMILES string of the molecule is N#Cc1nc(N2CCCC(C(=O)Nc3ccc(Br)cn3)C2)ccc1Cl. The Hall–Kier alpha value is -2.17. The minimum absolute atomic E-state index is 0.0611. The van der Waals surface area contributed by atoms with Crippen molar-refractivity contribution in [2.75, 3.05) is 23.3 Å². The minimum Gasteiger partial charge on any atom is -0.356 e. The van der Waals surface area contributed by atoms with E-state index >= 15 is 0 Å². The van der Waals surface area contributed by atoms with E-state index in [1.807, 2.05) is 17.0 Å². The number of amides is 1. The number of nitrogens with one attached hydrogen (secondary N) is 1. The number of piperidine rings is 1. The van der Waals surface area contributed by atoms with E-state index in [2.05, 4.69) is 31.2 Å². The van der Waals surface area contributed by atoms with Gasteiger partial charge in [0.25, 0.3) is 0 Å². The topological polar surface area (TPSA) is 81.9 Å². The average Bonchev–Trinajstić information content (AvgIpc) is 2.64. The molecule has 0 aromatic carbocycles. The summed E-state index contributed by atoms with van der Waals surface area (Å²) in [5, 5.41) is 12.3. The lowest BCUT2D eigenvalue weighted by atomic mass is 9.97. The maximum absolute atomic E-state index is 12.5.